The van der Waals surface area contributed by atoms with Gasteiger partial charge in [0.2, 0.25) is 0 Å². The highest BCUT2D eigenvalue weighted by atomic mass is 16.5. The normalized spacial score (nSPS) is 15.3. The first-order valence-electron chi connectivity index (χ1n) is 9.78. The van der Waals surface area contributed by atoms with Crippen LogP contribution in [0.25, 0.3) is 11.2 Å². The van der Waals surface area contributed by atoms with E-state index >= 15 is 0 Å². The number of nitrogens with one attached hydrogen (secondary N) is 1. The van der Waals surface area contributed by atoms with Gasteiger partial charge in [0, 0.05) is 24.9 Å². The van der Waals surface area contributed by atoms with Gasteiger partial charge in [-0.2, -0.15) is 4.98 Å². The van der Waals surface area contributed by atoms with Gasteiger partial charge in [0.05, 0.1) is 0 Å². The lowest BCUT2D eigenvalue weighted by Gasteiger charge is -2.18. The summed E-state index contributed by atoms with van der Waals surface area (Å²) in [5, 5.41) is 0. The zero-order valence-corrected chi connectivity index (χ0v) is 15.6. The van der Waals surface area contributed by atoms with Crippen molar-refractivity contribution < 1.29 is 4.74 Å². The second kappa shape index (κ2) is 7.90. The molecule has 0 unspecified atom stereocenters. The zero-order valence-electron chi connectivity index (χ0n) is 15.6. The van der Waals surface area contributed by atoms with Crippen LogP contribution in [0.15, 0.2) is 29.3 Å². The lowest BCUT2D eigenvalue weighted by Crippen LogP contribution is -2.17. The third-order valence-electron chi connectivity index (χ3n) is 5.16. The minimum absolute atomic E-state index is 0.309. The summed E-state index contributed by atoms with van der Waals surface area (Å²) in [7, 11) is 0. The van der Waals surface area contributed by atoms with Crippen LogP contribution in [0.3, 0.4) is 0 Å². The highest BCUT2D eigenvalue weighted by Crippen LogP contribution is 2.32. The van der Waals surface area contributed by atoms with Gasteiger partial charge in [-0.15, -0.1) is 0 Å². The average Bonchev–Trinajstić information content (AvgIpc) is 3.16. The van der Waals surface area contributed by atoms with Crippen LogP contribution in [0.1, 0.15) is 62.8 Å². The van der Waals surface area contributed by atoms with Crippen molar-refractivity contribution in [1.29, 1.82) is 0 Å². The van der Waals surface area contributed by atoms with E-state index in [1.165, 1.54) is 19.3 Å². The molecule has 1 fully saturated rings. The number of ether oxygens (including phenoxy) is 1. The van der Waals surface area contributed by atoms with E-state index < -0.39 is 0 Å². The molecule has 0 radical (unpaired) electrons. The molecule has 7 nitrogen and oxygen atoms in total. The summed E-state index contributed by atoms with van der Waals surface area (Å²) in [4.78, 5) is 28.8. The quantitative estimate of drug-likeness (QED) is 0.720. The van der Waals surface area contributed by atoms with Crippen LogP contribution in [0.2, 0.25) is 0 Å². The Balaban J connectivity index is 1.70. The highest BCUT2D eigenvalue weighted by molar-refractivity contribution is 5.70. The molecule has 142 valence electrons. The molecule has 27 heavy (non-hydrogen) atoms. The third kappa shape index (κ3) is 3.72. The van der Waals surface area contributed by atoms with E-state index in [2.05, 4.69) is 21.9 Å². The maximum Gasteiger partial charge on any atom is 0.301 e. The van der Waals surface area contributed by atoms with Gasteiger partial charge < -0.3 is 9.72 Å². The van der Waals surface area contributed by atoms with Gasteiger partial charge in [0.25, 0.3) is 0 Å². The number of nitrogens with zero attached hydrogens (tertiary/aromatic N) is 4. The van der Waals surface area contributed by atoms with Crippen molar-refractivity contribution in [1.82, 2.24) is 24.5 Å². The number of hydrogen-bond donors (Lipinski definition) is 1. The van der Waals surface area contributed by atoms with Gasteiger partial charge in [0.15, 0.2) is 11.2 Å². The molecule has 1 saturated carbocycles. The monoisotopic (exact) mass is 367 g/mol. The Kier molecular flexibility index (Phi) is 5.18. The van der Waals surface area contributed by atoms with Crippen LogP contribution in [-0.2, 0) is 13.2 Å². The predicted octanol–water partition coefficient (Wildman–Crippen LogP) is 3.55. The van der Waals surface area contributed by atoms with E-state index in [9.17, 15) is 4.79 Å². The van der Waals surface area contributed by atoms with Gasteiger partial charge >= 0.3 is 11.6 Å². The molecule has 3 aromatic rings. The van der Waals surface area contributed by atoms with Crippen LogP contribution in [0, 0.1) is 0 Å². The van der Waals surface area contributed by atoms with E-state index in [4.69, 9.17) is 9.72 Å². The molecule has 0 aliphatic heterocycles. The van der Waals surface area contributed by atoms with Crippen LogP contribution in [-0.4, -0.2) is 24.5 Å². The second-order valence-corrected chi connectivity index (χ2v) is 7.15. The summed E-state index contributed by atoms with van der Waals surface area (Å²) >= 11 is 0. The standard InChI is InChI=1S/C20H25N5O2/c1-2-12-25-18-16(22-17(23-18)15-6-4-3-5-7-15)19(26)24-20(25)27-13-14-8-10-21-11-9-14/h8-11,15H,2-7,12-13H2,1H3,(H,22,23). The van der Waals surface area contributed by atoms with Crippen molar-refractivity contribution >= 4 is 11.2 Å². The number of rotatable bonds is 6. The average molecular weight is 367 g/mol. The van der Waals surface area contributed by atoms with E-state index in [1.54, 1.807) is 12.4 Å². The van der Waals surface area contributed by atoms with Crippen LogP contribution >= 0.6 is 0 Å². The molecular weight excluding hydrogens is 342 g/mol. The number of imidazole rings is 1. The second-order valence-electron chi connectivity index (χ2n) is 7.15. The topological polar surface area (TPSA) is 85.7 Å². The molecule has 1 aliphatic carbocycles. The summed E-state index contributed by atoms with van der Waals surface area (Å²) in [6, 6.07) is 4.10. The predicted molar refractivity (Wildman–Crippen MR) is 103 cm³/mol. The number of fused-ring (bicyclic) bond motifs is 1. The van der Waals surface area contributed by atoms with Gasteiger partial charge in [-0.05, 0) is 37.0 Å². The van der Waals surface area contributed by atoms with E-state index in [1.807, 2.05) is 16.7 Å². The number of aryl methyl sites for hydroxylation is 1. The van der Waals surface area contributed by atoms with Gasteiger partial charge in [-0.3, -0.25) is 14.3 Å². The molecule has 1 aliphatic rings. The first kappa shape index (κ1) is 17.7. The first-order valence-corrected chi connectivity index (χ1v) is 9.78. The Labute approximate surface area is 157 Å². The first-order chi connectivity index (χ1) is 13.3. The SMILES string of the molecule is CCCn1c(OCc2ccncc2)nc(=O)c2[nH]c(C3CCCCC3)nc21. The number of aromatic nitrogens is 5. The fraction of sp³-hybridized carbons (Fsp3) is 0.500. The number of H-pyrrole nitrogens is 1. The highest BCUT2D eigenvalue weighted by Gasteiger charge is 2.22. The summed E-state index contributed by atoms with van der Waals surface area (Å²) in [5.74, 6) is 1.32. The lowest BCUT2D eigenvalue weighted by atomic mass is 9.89. The van der Waals surface area contributed by atoms with Crippen LogP contribution in [0.4, 0.5) is 0 Å². The lowest BCUT2D eigenvalue weighted by molar-refractivity contribution is 0.263. The van der Waals surface area contributed by atoms with Crippen molar-refractivity contribution in [2.75, 3.05) is 0 Å². The molecule has 1 N–H and O–H groups in total. The van der Waals surface area contributed by atoms with Gasteiger partial charge in [0.1, 0.15) is 12.4 Å². The van der Waals surface area contributed by atoms with Crippen LogP contribution in [0.5, 0.6) is 6.01 Å². The zero-order chi connectivity index (χ0) is 18.6. The molecule has 0 spiro atoms. The fourth-order valence-electron chi connectivity index (χ4n) is 3.75. The minimum Gasteiger partial charge on any atom is -0.460 e. The summed E-state index contributed by atoms with van der Waals surface area (Å²) in [6.07, 6.45) is 10.3. The Morgan fingerprint density at radius 3 is 2.70 bits per heavy atom. The molecule has 0 bridgehead atoms. The minimum atomic E-state index is -0.309. The Morgan fingerprint density at radius 2 is 1.96 bits per heavy atom. The maximum atomic E-state index is 12.6. The van der Waals surface area contributed by atoms with Crippen molar-refractivity contribution in [3.63, 3.8) is 0 Å². The molecule has 0 aromatic carbocycles. The molecular formula is C20H25N5O2. The van der Waals surface area contributed by atoms with Crippen LogP contribution < -0.4 is 10.3 Å². The van der Waals surface area contributed by atoms with E-state index in [0.717, 1.165) is 30.7 Å². The number of pyridine rings is 1. The molecule has 3 aromatic heterocycles. The summed E-state index contributed by atoms with van der Waals surface area (Å²) < 4.78 is 7.81. The third-order valence-corrected chi connectivity index (χ3v) is 5.16. The van der Waals surface area contributed by atoms with E-state index in [-0.39, 0.29) is 5.56 Å². The number of aromatic amines is 1. The Bertz CT molecular complexity index is 958. The molecule has 0 amide bonds. The van der Waals surface area contributed by atoms with Gasteiger partial charge in [-0.25, -0.2) is 4.98 Å². The summed E-state index contributed by atoms with van der Waals surface area (Å²) in [6.45, 7) is 3.12. The number of hydrogen-bond acceptors (Lipinski definition) is 5. The smallest absolute Gasteiger partial charge is 0.301 e. The Morgan fingerprint density at radius 1 is 1.19 bits per heavy atom. The maximum absolute atomic E-state index is 12.6. The van der Waals surface area contributed by atoms with Crippen molar-refractivity contribution in [3.8, 4) is 6.01 Å². The largest absolute Gasteiger partial charge is 0.460 e. The fourth-order valence-corrected chi connectivity index (χ4v) is 3.75. The molecule has 7 heteroatoms. The summed E-state index contributed by atoms with van der Waals surface area (Å²) in [5.41, 5.74) is 1.81. The molecule has 4 rings (SSSR count). The molecule has 0 saturated heterocycles. The van der Waals surface area contributed by atoms with Gasteiger partial charge in [-0.1, -0.05) is 26.2 Å². The van der Waals surface area contributed by atoms with Crippen molar-refractivity contribution in [3.05, 3.63) is 46.3 Å². The van der Waals surface area contributed by atoms with Crippen molar-refractivity contribution in [2.45, 2.75) is 64.5 Å². The van der Waals surface area contributed by atoms with E-state index in [0.29, 0.717) is 36.2 Å². The molecule has 0 atom stereocenters. The van der Waals surface area contributed by atoms with Crippen molar-refractivity contribution in [2.24, 2.45) is 0 Å². The molecule has 3 heterocycles. The Hall–Kier alpha value is -2.70.